The normalized spacial score (nSPS) is 38.3. The number of phenols is 5. The van der Waals surface area contributed by atoms with Gasteiger partial charge in [-0.05, 0) is 88.5 Å². The number of aliphatic hydroxyl groups is 9. The molecule has 101 heavy (non-hydrogen) atoms. The third kappa shape index (κ3) is 11.9. The molecule has 30 heteroatoms. The summed E-state index contributed by atoms with van der Waals surface area (Å²) in [5.41, 5.74) is 0.528. The van der Waals surface area contributed by atoms with Crippen LogP contribution in [0.3, 0.4) is 0 Å². The molecule has 3 aliphatic carbocycles. The van der Waals surface area contributed by atoms with Crippen LogP contribution in [0, 0.1) is 35.0 Å². The van der Waals surface area contributed by atoms with Gasteiger partial charge in [-0.1, -0.05) is 40.3 Å². The number of hydrogen-bond donors (Lipinski definition) is 14. The molecule has 9 aliphatic heterocycles. The smallest absolute Gasteiger partial charge is 0.378 e. The first-order valence-electron chi connectivity index (χ1n) is 34.0. The molecule has 12 unspecified atom stereocenters. The fourth-order valence-electron chi connectivity index (χ4n) is 16.4. The third-order valence-corrected chi connectivity index (χ3v) is 22.5. The number of allylic oxidation sites excluding steroid dienone is 1. The fraction of sp³-hybridized carbons (Fsp3) is 0.592. The molecular weight excluding hydrogens is 1330 g/mol. The number of ether oxygens (including phenoxy) is 13. The zero-order chi connectivity index (χ0) is 72.6. The standard InChI is InChI=1S/C26H26O12.C26H36O11.C19H24O7/c1-8-10(7-27)3-11(21(32)20(8)31)18-15(30)6-17-19(22(18)33)26(12-4-13(28)14(29)5-16(12)36-17)37-23-9(2)35-25(34)24(23)38-26;1-10-11(2)32-21-13(10)5-6-25(4)14(21)7-26(36-20-12(3)33-23(31)22(20)37-26)8-16(25)35-24-19(30)18(29)17(28)15(9-27)34-24;1-3-14(21)9-19(25-16-11(2)24-18(23)17(16)26-19)7-6-12-4-5-15(22)13(8-12)10-20/h4-6,8-11,20-21,27-33H,3,7H2,1-2H3;10,12-19,21,24,27-30H,2,5-9H2,1,3-4H3;4-5,8,11,14,20-22H,3,6-7,9-10H2,1-2H3/t8-,9?,10-,11?,20+,21+,26?;10?,12?,13-,14?,15+,16?,17+,18-,19+,21?,24-,25+,26?;/m01./s1. The second kappa shape index (κ2) is 26.4. The van der Waals surface area contributed by atoms with E-state index in [1.54, 1.807) is 39.8 Å². The maximum Gasteiger partial charge on any atom is 0.378 e. The minimum Gasteiger partial charge on any atom is -0.508 e. The van der Waals surface area contributed by atoms with E-state index in [-0.39, 0.29) is 113 Å². The predicted octanol–water partition coefficient (Wildman–Crippen LogP) is 3.80. The van der Waals surface area contributed by atoms with Crippen LogP contribution in [0.15, 0.2) is 83.3 Å². The van der Waals surface area contributed by atoms with Gasteiger partial charge in [0, 0.05) is 71.8 Å². The van der Waals surface area contributed by atoms with Crippen molar-refractivity contribution in [3.8, 4) is 40.2 Å². The Kier molecular flexibility index (Phi) is 18.6. The van der Waals surface area contributed by atoms with Crippen molar-refractivity contribution in [1.82, 2.24) is 0 Å². The number of aliphatic hydroxyl groups excluding tert-OH is 9. The molecule has 9 heterocycles. The second-order valence-corrected chi connectivity index (χ2v) is 28.6. The van der Waals surface area contributed by atoms with E-state index in [2.05, 4.69) is 20.4 Å². The average Bonchev–Trinajstić information content (AvgIpc) is 1.63. The van der Waals surface area contributed by atoms with Crippen LogP contribution >= 0.6 is 0 Å². The maximum absolute atomic E-state index is 12.5. The molecule has 0 amide bonds. The van der Waals surface area contributed by atoms with Gasteiger partial charge in [-0.25, -0.2) is 14.4 Å². The topological polar surface area (TPSA) is 454 Å². The summed E-state index contributed by atoms with van der Waals surface area (Å²) in [6.45, 7) is 15.8. The Morgan fingerprint density at radius 2 is 1.31 bits per heavy atom. The summed E-state index contributed by atoms with van der Waals surface area (Å²) in [6.07, 6.45) is -8.81. The van der Waals surface area contributed by atoms with Gasteiger partial charge in [0.25, 0.3) is 28.9 Å². The second-order valence-electron chi connectivity index (χ2n) is 28.6. The van der Waals surface area contributed by atoms with Crippen molar-refractivity contribution in [3.63, 3.8) is 0 Å². The van der Waals surface area contributed by atoms with Crippen LogP contribution in [-0.2, 0) is 90.0 Å². The molecule has 23 atom stereocenters. The van der Waals surface area contributed by atoms with E-state index in [9.17, 15) is 85.9 Å². The number of esters is 3. The number of phenolic OH excluding ortho intramolecular Hbond substituents is 4. The predicted molar refractivity (Wildman–Crippen MR) is 338 cm³/mol. The molecule has 0 bridgehead atoms. The molecule has 0 aromatic heterocycles. The number of aryl methyl sites for hydroxylation is 1. The Bertz CT molecular complexity index is 3900. The van der Waals surface area contributed by atoms with Gasteiger partial charge in [0.05, 0.1) is 61.8 Å². The average molecular weight is 1420 g/mol. The van der Waals surface area contributed by atoms with Crippen LogP contribution in [0.2, 0.25) is 0 Å². The van der Waals surface area contributed by atoms with Crippen molar-refractivity contribution in [2.75, 3.05) is 13.2 Å². The monoisotopic (exact) mass is 1420 g/mol. The largest absolute Gasteiger partial charge is 0.508 e. The lowest BCUT2D eigenvalue weighted by atomic mass is 9.54. The zero-order valence-corrected chi connectivity index (χ0v) is 56.4. The summed E-state index contributed by atoms with van der Waals surface area (Å²) < 4.78 is 76.3. The first kappa shape index (κ1) is 71.4. The van der Waals surface area contributed by atoms with E-state index >= 15 is 0 Å². The number of benzene rings is 3. The Morgan fingerprint density at radius 1 is 0.673 bits per heavy atom. The van der Waals surface area contributed by atoms with E-state index in [0.29, 0.717) is 42.8 Å². The van der Waals surface area contributed by atoms with Crippen molar-refractivity contribution in [3.05, 3.63) is 111 Å². The highest BCUT2D eigenvalue weighted by atomic mass is 16.8. The van der Waals surface area contributed by atoms with Gasteiger partial charge in [0.1, 0.15) is 64.8 Å². The SMILES string of the molecule is C=C1OC2C3CC4(CC(O[C@H]5O[C@@H](CO)[C@H](O)[C@@H](O)[C@@H]5O)[C@@]3(C)CC[C@@H]2C1C)OC1=C(O4)C(C)OC1=O.CC1OC(=O)C2=C1OC1(O2)c2cc(O)c(O)cc2Oc2cc(O)c(C3C[C@@H](CO)[C@H](C)[C@@H](O)[C@@H]3O)c(O)c21.CCC(O)CC1(CCc2ccc(O)c(CO)c2)OC2=C(O1)C(C)OC2=O. The Balaban J connectivity index is 0.000000138. The summed E-state index contributed by atoms with van der Waals surface area (Å²) in [6, 6.07) is 8.34. The van der Waals surface area contributed by atoms with Crippen LogP contribution in [0.5, 0.6) is 40.2 Å². The minimum atomic E-state index is -2.11. The molecule has 550 valence electrons. The number of carbonyl (C=O) groups excluding carboxylic acids is 3. The van der Waals surface area contributed by atoms with E-state index in [4.69, 9.17) is 61.6 Å². The summed E-state index contributed by atoms with van der Waals surface area (Å²) in [5.74, 6) is -8.88. The Labute approximate surface area is 578 Å². The molecule has 5 fully saturated rings. The highest BCUT2D eigenvalue weighted by molar-refractivity contribution is 5.91. The number of carbonyl (C=O) groups is 3. The summed E-state index contributed by atoms with van der Waals surface area (Å²) in [5, 5.41) is 144. The van der Waals surface area contributed by atoms with Gasteiger partial charge in [-0.3, -0.25) is 0 Å². The van der Waals surface area contributed by atoms with Gasteiger partial charge < -0.3 is 133 Å². The number of cyclic esters (lactones) is 3. The van der Waals surface area contributed by atoms with Gasteiger partial charge in [0.15, 0.2) is 53.4 Å². The molecule has 15 rings (SSSR count). The summed E-state index contributed by atoms with van der Waals surface area (Å²) >= 11 is 0. The van der Waals surface area contributed by atoms with E-state index in [0.717, 1.165) is 42.4 Å². The van der Waals surface area contributed by atoms with Gasteiger partial charge in [-0.15, -0.1) is 0 Å². The number of aromatic hydroxyl groups is 5. The van der Waals surface area contributed by atoms with E-state index in [1.165, 1.54) is 6.07 Å². The van der Waals surface area contributed by atoms with Crippen LogP contribution in [-0.4, -0.2) is 194 Å². The molecule has 0 radical (unpaired) electrons. The quantitative estimate of drug-likeness (QED) is 0.0696. The maximum atomic E-state index is 12.5. The van der Waals surface area contributed by atoms with Crippen molar-refractivity contribution < 1.29 is 147 Å². The molecule has 3 aromatic rings. The lowest BCUT2D eigenvalue weighted by Gasteiger charge is -2.57. The molecule has 14 N–H and O–H groups in total. The molecule has 3 aromatic carbocycles. The molecule has 12 aliphatic rings. The molecule has 2 spiro atoms. The Hall–Kier alpha value is -8.01. The highest BCUT2D eigenvalue weighted by Gasteiger charge is 2.67. The van der Waals surface area contributed by atoms with E-state index < -0.39 is 161 Å². The van der Waals surface area contributed by atoms with Crippen LogP contribution < -0.4 is 4.74 Å². The van der Waals surface area contributed by atoms with Crippen LogP contribution in [0.4, 0.5) is 0 Å². The summed E-state index contributed by atoms with van der Waals surface area (Å²) in [7, 11) is 0. The van der Waals surface area contributed by atoms with E-state index in [1.807, 2.05) is 6.92 Å². The number of hydrogen-bond acceptors (Lipinski definition) is 30. The van der Waals surface area contributed by atoms with Crippen LogP contribution in [0.1, 0.15) is 134 Å². The van der Waals surface area contributed by atoms with Gasteiger partial charge in [0.2, 0.25) is 0 Å². The minimum absolute atomic E-state index is 0.00674. The fourth-order valence-corrected chi connectivity index (χ4v) is 16.4. The summed E-state index contributed by atoms with van der Waals surface area (Å²) in [4.78, 5) is 36.8. The highest BCUT2D eigenvalue weighted by Crippen LogP contribution is 2.65. The van der Waals surface area contributed by atoms with Crippen molar-refractivity contribution in [2.45, 2.75) is 216 Å². The Morgan fingerprint density at radius 3 is 1.93 bits per heavy atom. The lowest BCUT2D eigenvalue weighted by Crippen LogP contribution is -2.64. The van der Waals surface area contributed by atoms with Crippen LogP contribution in [0.25, 0.3) is 0 Å². The zero-order valence-electron chi connectivity index (χ0n) is 56.4. The third-order valence-electron chi connectivity index (χ3n) is 22.5. The first-order chi connectivity index (χ1) is 47.8. The lowest BCUT2D eigenvalue weighted by molar-refractivity contribution is -0.344. The molecule has 2 saturated heterocycles. The number of rotatable bonds is 12. The molecular formula is C71H86O30. The first-order valence-corrected chi connectivity index (χ1v) is 34.0. The molecule has 3 saturated carbocycles. The van der Waals surface area contributed by atoms with Gasteiger partial charge in [-0.2, -0.15) is 0 Å². The van der Waals surface area contributed by atoms with Gasteiger partial charge >= 0.3 is 23.7 Å². The van der Waals surface area contributed by atoms with Crippen molar-refractivity contribution in [1.29, 1.82) is 0 Å². The van der Waals surface area contributed by atoms with Crippen molar-refractivity contribution >= 4 is 17.9 Å². The molecule has 30 nitrogen and oxygen atoms in total. The number of fused-ring (bicyclic) bond motifs is 7. The van der Waals surface area contributed by atoms with Crippen molar-refractivity contribution in [2.24, 2.45) is 35.0 Å².